The molecule has 2 rings (SSSR count). The van der Waals surface area contributed by atoms with Gasteiger partial charge in [0.15, 0.2) is 5.54 Å². The molecule has 2 aliphatic rings. The molecule has 0 unspecified atom stereocenters. The minimum atomic E-state index is -1.07. The van der Waals surface area contributed by atoms with Crippen molar-refractivity contribution >= 4 is 11.9 Å². The number of carbonyl (C=O) groups is 2. The number of rotatable bonds is 3. The molecular formula is C17H27NO4. The summed E-state index contributed by atoms with van der Waals surface area (Å²) in [5.41, 5.74) is -1.94. The summed E-state index contributed by atoms with van der Waals surface area (Å²) in [7, 11) is 1.36. The Kier molecular flexibility index (Phi) is 3.93. The Labute approximate surface area is 132 Å². The van der Waals surface area contributed by atoms with E-state index in [1.165, 1.54) is 7.11 Å². The maximum Gasteiger partial charge on any atom is 0.334 e. The van der Waals surface area contributed by atoms with E-state index in [-0.39, 0.29) is 23.8 Å². The van der Waals surface area contributed by atoms with Crippen LogP contribution in [0.5, 0.6) is 0 Å². The summed E-state index contributed by atoms with van der Waals surface area (Å²) < 4.78 is 11.0. The van der Waals surface area contributed by atoms with Gasteiger partial charge in [0.25, 0.3) is 0 Å². The van der Waals surface area contributed by atoms with Gasteiger partial charge in [0.2, 0.25) is 5.91 Å². The molecule has 0 aromatic rings. The second kappa shape index (κ2) is 5.08. The van der Waals surface area contributed by atoms with Gasteiger partial charge in [-0.15, -0.1) is 6.58 Å². The fourth-order valence-electron chi connectivity index (χ4n) is 3.90. The second-order valence-corrected chi connectivity index (χ2v) is 7.89. The van der Waals surface area contributed by atoms with E-state index >= 15 is 0 Å². The molecule has 0 saturated carbocycles. The van der Waals surface area contributed by atoms with Crippen molar-refractivity contribution in [2.45, 2.75) is 52.8 Å². The molecule has 2 aliphatic heterocycles. The van der Waals surface area contributed by atoms with Crippen molar-refractivity contribution in [1.29, 1.82) is 0 Å². The lowest BCUT2D eigenvalue weighted by atomic mass is 9.67. The number of allylic oxidation sites excluding steroid dienone is 1. The molecule has 2 saturated heterocycles. The largest absolute Gasteiger partial charge is 0.467 e. The van der Waals surface area contributed by atoms with Crippen molar-refractivity contribution in [2.75, 3.05) is 13.7 Å². The molecule has 5 heteroatoms. The highest BCUT2D eigenvalue weighted by Crippen LogP contribution is 2.57. The highest BCUT2D eigenvalue weighted by molar-refractivity contribution is 5.96. The van der Waals surface area contributed by atoms with Gasteiger partial charge in [-0.25, -0.2) is 4.79 Å². The van der Waals surface area contributed by atoms with Gasteiger partial charge in [-0.3, -0.25) is 9.69 Å². The molecule has 0 aliphatic carbocycles. The van der Waals surface area contributed by atoms with Crippen LogP contribution in [0.3, 0.4) is 0 Å². The number of hydrogen-bond donors (Lipinski definition) is 0. The number of methoxy groups -OCH3 is 1. The minimum absolute atomic E-state index is 0.0484. The maximum absolute atomic E-state index is 13.1. The predicted molar refractivity (Wildman–Crippen MR) is 82.9 cm³/mol. The highest BCUT2D eigenvalue weighted by atomic mass is 16.6. The second-order valence-electron chi connectivity index (χ2n) is 7.89. The Morgan fingerprint density at radius 3 is 2.55 bits per heavy atom. The molecule has 2 fully saturated rings. The summed E-state index contributed by atoms with van der Waals surface area (Å²) in [5, 5.41) is 0. The van der Waals surface area contributed by atoms with Crippen molar-refractivity contribution < 1.29 is 19.1 Å². The summed E-state index contributed by atoms with van der Waals surface area (Å²) >= 11 is 0. The van der Waals surface area contributed by atoms with Crippen molar-refractivity contribution in [3.63, 3.8) is 0 Å². The molecule has 5 nitrogen and oxygen atoms in total. The fraction of sp³-hybridized carbons (Fsp3) is 0.765. The summed E-state index contributed by atoms with van der Waals surface area (Å²) in [6.45, 7) is 13.8. The molecule has 0 aromatic heterocycles. The number of hydrogen-bond acceptors (Lipinski definition) is 4. The number of carbonyl (C=O) groups excluding carboxylic acids is 2. The van der Waals surface area contributed by atoms with E-state index < -0.39 is 23.2 Å². The predicted octanol–water partition coefficient (Wildman–Crippen LogP) is 2.36. The van der Waals surface area contributed by atoms with Gasteiger partial charge < -0.3 is 9.47 Å². The number of amides is 1. The fourth-order valence-corrected chi connectivity index (χ4v) is 3.90. The van der Waals surface area contributed by atoms with Crippen LogP contribution in [-0.4, -0.2) is 42.3 Å². The van der Waals surface area contributed by atoms with Gasteiger partial charge in [0, 0.05) is 16.7 Å². The number of ether oxygens (including phenoxy) is 2. The van der Waals surface area contributed by atoms with Gasteiger partial charge >= 0.3 is 5.97 Å². The lowest BCUT2D eigenvalue weighted by Gasteiger charge is -2.41. The third-order valence-electron chi connectivity index (χ3n) is 5.23. The first-order valence-electron chi connectivity index (χ1n) is 7.69. The molecule has 0 aromatic carbocycles. The third-order valence-corrected chi connectivity index (χ3v) is 5.23. The molecule has 3 atom stereocenters. The SMILES string of the molecule is C=CC[C@@H]1C(=O)N2[C@H](C(C)(C)C)OC[C@@]2(C(=O)OC)C1(C)C. The van der Waals surface area contributed by atoms with E-state index in [0.29, 0.717) is 6.42 Å². The molecule has 2 heterocycles. The van der Waals surface area contributed by atoms with Crippen LogP contribution in [0.2, 0.25) is 0 Å². The Balaban J connectivity index is 2.61. The first-order chi connectivity index (χ1) is 10.1. The van der Waals surface area contributed by atoms with Crippen molar-refractivity contribution in [3.05, 3.63) is 12.7 Å². The van der Waals surface area contributed by atoms with Crippen LogP contribution < -0.4 is 0 Å². The first-order valence-corrected chi connectivity index (χ1v) is 7.69. The van der Waals surface area contributed by atoms with Crippen LogP contribution >= 0.6 is 0 Å². The Morgan fingerprint density at radius 1 is 1.50 bits per heavy atom. The molecule has 0 bridgehead atoms. The first kappa shape index (κ1) is 17.0. The van der Waals surface area contributed by atoms with E-state index in [1.54, 1.807) is 11.0 Å². The van der Waals surface area contributed by atoms with E-state index in [0.717, 1.165) is 0 Å². The normalized spacial score (nSPS) is 33.7. The quantitative estimate of drug-likeness (QED) is 0.593. The van der Waals surface area contributed by atoms with Crippen LogP contribution in [0, 0.1) is 16.7 Å². The lowest BCUT2D eigenvalue weighted by Crippen LogP contribution is -2.60. The van der Waals surface area contributed by atoms with Crippen LogP contribution in [0.25, 0.3) is 0 Å². The summed E-state index contributed by atoms with van der Waals surface area (Å²) in [4.78, 5) is 27.4. The molecule has 0 N–H and O–H groups in total. The van der Waals surface area contributed by atoms with Crippen molar-refractivity contribution in [2.24, 2.45) is 16.7 Å². The Bertz CT molecular complexity index is 505. The van der Waals surface area contributed by atoms with Crippen LogP contribution in [-0.2, 0) is 19.1 Å². The van der Waals surface area contributed by atoms with Gasteiger partial charge in [-0.05, 0) is 6.42 Å². The summed E-state index contributed by atoms with van der Waals surface area (Å²) in [6, 6.07) is 0. The molecule has 22 heavy (non-hydrogen) atoms. The van der Waals surface area contributed by atoms with Crippen LogP contribution in [0.4, 0.5) is 0 Å². The zero-order chi connectivity index (χ0) is 16.9. The third kappa shape index (κ3) is 1.94. The monoisotopic (exact) mass is 309 g/mol. The Hall–Kier alpha value is -1.36. The summed E-state index contributed by atoms with van der Waals surface area (Å²) in [5.74, 6) is -0.741. The van der Waals surface area contributed by atoms with E-state index in [4.69, 9.17) is 9.47 Å². The van der Waals surface area contributed by atoms with Crippen molar-refractivity contribution in [1.82, 2.24) is 4.90 Å². The number of esters is 1. The maximum atomic E-state index is 13.1. The lowest BCUT2D eigenvalue weighted by molar-refractivity contribution is -0.161. The van der Waals surface area contributed by atoms with Crippen molar-refractivity contribution in [3.8, 4) is 0 Å². The zero-order valence-electron chi connectivity index (χ0n) is 14.4. The zero-order valence-corrected chi connectivity index (χ0v) is 14.4. The van der Waals surface area contributed by atoms with Gasteiger partial charge in [-0.1, -0.05) is 40.7 Å². The van der Waals surface area contributed by atoms with E-state index in [9.17, 15) is 9.59 Å². The Morgan fingerprint density at radius 2 is 2.09 bits per heavy atom. The smallest absolute Gasteiger partial charge is 0.334 e. The van der Waals surface area contributed by atoms with Crippen LogP contribution in [0.1, 0.15) is 41.0 Å². The topological polar surface area (TPSA) is 55.8 Å². The highest BCUT2D eigenvalue weighted by Gasteiger charge is 2.73. The molecule has 0 radical (unpaired) electrons. The average Bonchev–Trinajstić information content (AvgIpc) is 2.90. The number of nitrogens with zero attached hydrogens (tertiary/aromatic N) is 1. The van der Waals surface area contributed by atoms with Gasteiger partial charge in [0.1, 0.15) is 6.23 Å². The number of fused-ring (bicyclic) bond motifs is 1. The molecular weight excluding hydrogens is 282 g/mol. The minimum Gasteiger partial charge on any atom is -0.467 e. The standard InChI is InChI=1S/C17H27NO4/c1-8-9-11-12(19)18-13(15(2,3)4)22-10-17(18,14(20)21-7)16(11,5)6/h8,11,13H,1,9-10H2,2-7H3/t11-,13+,17-/m1/s1. The van der Waals surface area contributed by atoms with Gasteiger partial charge in [-0.2, -0.15) is 0 Å². The van der Waals surface area contributed by atoms with E-state index in [2.05, 4.69) is 6.58 Å². The van der Waals surface area contributed by atoms with Crippen LogP contribution in [0.15, 0.2) is 12.7 Å². The van der Waals surface area contributed by atoms with Gasteiger partial charge in [0.05, 0.1) is 13.7 Å². The summed E-state index contributed by atoms with van der Waals surface area (Å²) in [6.07, 6.45) is 1.84. The molecule has 0 spiro atoms. The average molecular weight is 309 g/mol. The molecule has 1 amide bonds. The molecule has 124 valence electrons. The van der Waals surface area contributed by atoms with E-state index in [1.807, 2.05) is 34.6 Å².